The van der Waals surface area contributed by atoms with Crippen molar-refractivity contribution in [3.05, 3.63) is 138 Å². The van der Waals surface area contributed by atoms with Crippen LogP contribution < -0.4 is 4.57 Å². The molecule has 35 heavy (non-hydrogen) atoms. The van der Waals surface area contributed by atoms with E-state index in [1.165, 1.54) is 44.5 Å². The van der Waals surface area contributed by atoms with Crippen LogP contribution in [0.25, 0.3) is 22.3 Å². The van der Waals surface area contributed by atoms with E-state index < -0.39 is 0 Å². The molecule has 1 aromatic heterocycles. The summed E-state index contributed by atoms with van der Waals surface area (Å²) >= 11 is 0. The molecule has 2 aliphatic rings. The van der Waals surface area contributed by atoms with Crippen molar-refractivity contribution in [2.75, 3.05) is 0 Å². The first-order valence-electron chi connectivity index (χ1n) is 12.7. The van der Waals surface area contributed by atoms with E-state index >= 15 is 0 Å². The number of hydrogen-bond acceptors (Lipinski definition) is 0. The average Bonchev–Trinajstić information content (AvgIpc) is 3.60. The van der Waals surface area contributed by atoms with Gasteiger partial charge in [-0.15, -0.1) is 0 Å². The first kappa shape index (κ1) is 20.5. The minimum Gasteiger partial charge on any atom is -0.223 e. The highest BCUT2D eigenvalue weighted by atomic mass is 15.2. The molecule has 7 rings (SSSR count). The van der Waals surface area contributed by atoms with Gasteiger partial charge in [-0.05, 0) is 35.1 Å². The minimum absolute atomic E-state index is 0.217. The van der Waals surface area contributed by atoms with Gasteiger partial charge in [-0.3, -0.25) is 0 Å². The van der Waals surface area contributed by atoms with Gasteiger partial charge in [-0.1, -0.05) is 111 Å². The molecule has 0 amide bonds. The Morgan fingerprint density at radius 2 is 1.00 bits per heavy atom. The van der Waals surface area contributed by atoms with E-state index in [0.717, 1.165) is 12.8 Å². The van der Waals surface area contributed by atoms with Crippen LogP contribution >= 0.6 is 0 Å². The Hall–Kier alpha value is -3.91. The second-order valence-electron chi connectivity index (χ2n) is 9.84. The second-order valence-corrected chi connectivity index (χ2v) is 9.84. The van der Waals surface area contributed by atoms with E-state index in [9.17, 15) is 0 Å². The smallest absolute Gasteiger partial charge is 0.223 e. The van der Waals surface area contributed by atoms with Crippen molar-refractivity contribution in [3.8, 4) is 22.3 Å². The lowest BCUT2D eigenvalue weighted by Crippen LogP contribution is -2.55. The van der Waals surface area contributed by atoms with E-state index in [2.05, 4.69) is 139 Å². The van der Waals surface area contributed by atoms with E-state index in [4.69, 9.17) is 0 Å². The summed E-state index contributed by atoms with van der Waals surface area (Å²) in [5, 5.41) is 0. The van der Waals surface area contributed by atoms with Gasteiger partial charge in [0.15, 0.2) is 11.1 Å². The second kappa shape index (κ2) is 7.29. The van der Waals surface area contributed by atoms with Crippen molar-refractivity contribution in [2.24, 2.45) is 0 Å². The van der Waals surface area contributed by atoms with Gasteiger partial charge < -0.3 is 0 Å². The van der Waals surface area contributed by atoms with Crippen LogP contribution in [0.3, 0.4) is 0 Å². The summed E-state index contributed by atoms with van der Waals surface area (Å²) in [7, 11) is 0. The maximum atomic E-state index is 2.47. The molecule has 0 N–H and O–H groups in total. The van der Waals surface area contributed by atoms with Gasteiger partial charge in [0.05, 0.1) is 0 Å². The zero-order chi connectivity index (χ0) is 23.6. The molecule has 2 nitrogen and oxygen atoms in total. The van der Waals surface area contributed by atoms with Crippen molar-refractivity contribution < 1.29 is 4.57 Å². The van der Waals surface area contributed by atoms with Crippen LogP contribution in [0.2, 0.25) is 0 Å². The van der Waals surface area contributed by atoms with Crippen molar-refractivity contribution in [2.45, 2.75) is 37.8 Å². The number of hydrogen-bond donors (Lipinski definition) is 0. The topological polar surface area (TPSA) is 8.81 Å². The zero-order valence-electron chi connectivity index (χ0n) is 20.3. The van der Waals surface area contributed by atoms with Gasteiger partial charge in [0, 0.05) is 22.3 Å². The van der Waals surface area contributed by atoms with E-state index in [0.29, 0.717) is 0 Å². The first-order chi connectivity index (χ1) is 17.3. The number of rotatable bonds is 4. The number of aromatic nitrogens is 2. The average molecular weight is 454 g/mol. The summed E-state index contributed by atoms with van der Waals surface area (Å²) < 4.78 is 4.94. The highest BCUT2D eigenvalue weighted by Crippen LogP contribution is 2.52. The highest BCUT2D eigenvalue weighted by Gasteiger charge is 2.50. The summed E-state index contributed by atoms with van der Waals surface area (Å²) in [5.74, 6) is 0. The fraction of sp³-hybridized carbons (Fsp3) is 0.182. The number of nitrogens with zero attached hydrogens (tertiary/aromatic N) is 2. The molecule has 0 spiro atoms. The molecule has 1 heterocycles. The van der Waals surface area contributed by atoms with Gasteiger partial charge >= 0.3 is 0 Å². The predicted octanol–water partition coefficient (Wildman–Crippen LogP) is 7.14. The lowest BCUT2D eigenvalue weighted by atomic mass is 9.84. The van der Waals surface area contributed by atoms with Crippen molar-refractivity contribution in [1.29, 1.82) is 0 Å². The molecule has 2 heteroatoms. The number of benzene rings is 4. The third-order valence-corrected chi connectivity index (χ3v) is 8.61. The molecular weight excluding hydrogens is 424 g/mol. The minimum atomic E-state index is -0.217. The maximum Gasteiger partial charge on any atom is 0.245 e. The largest absolute Gasteiger partial charge is 0.245 e. The van der Waals surface area contributed by atoms with Crippen molar-refractivity contribution >= 4 is 0 Å². The summed E-state index contributed by atoms with van der Waals surface area (Å²) in [6, 6.07) is 35.8. The summed E-state index contributed by atoms with van der Waals surface area (Å²) in [4.78, 5) is 0. The van der Waals surface area contributed by atoms with E-state index in [-0.39, 0.29) is 11.1 Å². The Bertz CT molecular complexity index is 1380. The standard InChI is InChI=1S/C33H29N2/c1-3-32(28-17-9-5-13-24(28)25-14-6-10-18-29(25)32)34-21-22-35(23-34)33(4-2)30-19-11-7-15-26(30)27-16-8-12-20-31(27)33/h5-23H,3-4H2,1-2H3/q+1. The van der Waals surface area contributed by atoms with Crippen LogP contribution in [0.15, 0.2) is 116 Å². The lowest BCUT2D eigenvalue weighted by Gasteiger charge is -2.29. The van der Waals surface area contributed by atoms with Gasteiger partial charge in [0.2, 0.25) is 6.33 Å². The Morgan fingerprint density at radius 3 is 1.46 bits per heavy atom. The molecule has 4 aromatic carbocycles. The Labute approximate surface area is 207 Å². The van der Waals surface area contributed by atoms with Crippen LogP contribution in [0, 0.1) is 0 Å². The first-order valence-corrected chi connectivity index (χ1v) is 12.7. The fourth-order valence-electron chi connectivity index (χ4n) is 7.09. The molecule has 0 aliphatic heterocycles. The van der Waals surface area contributed by atoms with Gasteiger partial charge in [-0.2, -0.15) is 0 Å². The Kier molecular flexibility index (Phi) is 4.26. The highest BCUT2D eigenvalue weighted by molar-refractivity contribution is 5.81. The lowest BCUT2D eigenvalue weighted by molar-refractivity contribution is -0.743. The number of fused-ring (bicyclic) bond motifs is 6. The quantitative estimate of drug-likeness (QED) is 0.256. The van der Waals surface area contributed by atoms with Crippen LogP contribution in [-0.4, -0.2) is 4.57 Å². The fourth-order valence-corrected chi connectivity index (χ4v) is 7.09. The van der Waals surface area contributed by atoms with Crippen LogP contribution in [0.5, 0.6) is 0 Å². The summed E-state index contributed by atoms with van der Waals surface area (Å²) in [6.45, 7) is 4.64. The monoisotopic (exact) mass is 453 g/mol. The Morgan fingerprint density at radius 1 is 0.571 bits per heavy atom. The molecule has 0 saturated heterocycles. The van der Waals surface area contributed by atoms with Crippen LogP contribution in [0.1, 0.15) is 48.9 Å². The summed E-state index contributed by atoms with van der Waals surface area (Å²) in [6.07, 6.45) is 8.93. The third-order valence-electron chi connectivity index (χ3n) is 8.61. The third kappa shape index (κ3) is 2.42. The molecular formula is C33H29N2+. The summed E-state index contributed by atoms with van der Waals surface area (Å²) in [5.41, 5.74) is 10.6. The van der Waals surface area contributed by atoms with Gasteiger partial charge in [0.25, 0.3) is 0 Å². The van der Waals surface area contributed by atoms with Crippen molar-refractivity contribution in [3.63, 3.8) is 0 Å². The molecule has 5 aromatic rings. The SMILES string of the molecule is CCC1(n2cc[n+](C3(CC)c4ccccc4-c4ccccc43)c2)c2ccccc2-c2ccccc21. The molecule has 2 aliphatic carbocycles. The van der Waals surface area contributed by atoms with Gasteiger partial charge in [0.1, 0.15) is 12.4 Å². The zero-order valence-corrected chi connectivity index (χ0v) is 20.3. The number of imidazole rings is 1. The van der Waals surface area contributed by atoms with Gasteiger partial charge in [-0.25, -0.2) is 9.13 Å². The molecule has 0 unspecified atom stereocenters. The van der Waals surface area contributed by atoms with Crippen LogP contribution in [-0.2, 0) is 11.1 Å². The molecule has 0 atom stereocenters. The molecule has 0 bridgehead atoms. The van der Waals surface area contributed by atoms with Crippen molar-refractivity contribution in [1.82, 2.24) is 4.57 Å². The van der Waals surface area contributed by atoms with Crippen LogP contribution in [0.4, 0.5) is 0 Å². The molecule has 170 valence electrons. The normalized spacial score (nSPS) is 15.8. The molecule has 0 radical (unpaired) electrons. The van der Waals surface area contributed by atoms with E-state index in [1.807, 2.05) is 0 Å². The Balaban J connectivity index is 1.49. The van der Waals surface area contributed by atoms with E-state index in [1.54, 1.807) is 0 Å². The molecule has 0 saturated carbocycles. The molecule has 0 fully saturated rings. The maximum absolute atomic E-state index is 2.47. The predicted molar refractivity (Wildman–Crippen MR) is 141 cm³/mol.